The molecule has 1 aliphatic rings. The number of halogens is 1. The van der Waals surface area contributed by atoms with E-state index in [9.17, 15) is 19.2 Å². The first-order valence-corrected chi connectivity index (χ1v) is 11.2. The van der Waals surface area contributed by atoms with E-state index in [0.29, 0.717) is 29.9 Å². The second kappa shape index (κ2) is 11.9. The van der Waals surface area contributed by atoms with Crippen LogP contribution in [0.5, 0.6) is 0 Å². The first kappa shape index (κ1) is 24.9. The molecule has 2 unspecified atom stereocenters. The summed E-state index contributed by atoms with van der Waals surface area (Å²) in [5.41, 5.74) is 2.01. The maximum Gasteiger partial charge on any atom is 0.271 e. The molecule has 10 heteroatoms. The number of hydrogen-bond acceptors (Lipinski definition) is 5. The standard InChI is InChI=1S/C17H18ClN5O4.C7H8/c18-11-1-2-14-22-13(8-23(14)7-11)17(27)20-6-15(25)21-12(9-24)5-10-3-4-19-16(10)26;1-7-5-3-2-4-6-7/h1-2,7-10,12H,3-6H2,(H,19,26)(H,20,27)(H,21,25);2-6H,1H3. The fraction of sp³-hybridized carbons (Fsp3) is 0.292. The van der Waals surface area contributed by atoms with Gasteiger partial charge in [0.1, 0.15) is 17.6 Å². The maximum atomic E-state index is 12.2. The normalized spacial score (nSPS) is 15.6. The van der Waals surface area contributed by atoms with Gasteiger partial charge in [-0.25, -0.2) is 4.98 Å². The molecule has 1 fully saturated rings. The van der Waals surface area contributed by atoms with Gasteiger partial charge in [0.2, 0.25) is 11.8 Å². The second-order valence-corrected chi connectivity index (χ2v) is 8.34. The zero-order valence-electron chi connectivity index (χ0n) is 18.7. The summed E-state index contributed by atoms with van der Waals surface area (Å²) in [6.07, 6.45) is 4.58. The molecular weight excluding hydrogens is 458 g/mol. The first-order valence-electron chi connectivity index (χ1n) is 10.8. The molecule has 1 aliphatic heterocycles. The third-order valence-electron chi connectivity index (χ3n) is 5.21. The van der Waals surface area contributed by atoms with Crippen LogP contribution in [0.3, 0.4) is 0 Å². The third-order valence-corrected chi connectivity index (χ3v) is 5.43. The molecule has 0 aliphatic carbocycles. The predicted molar refractivity (Wildman–Crippen MR) is 127 cm³/mol. The monoisotopic (exact) mass is 483 g/mol. The summed E-state index contributed by atoms with van der Waals surface area (Å²) in [5, 5.41) is 8.15. The van der Waals surface area contributed by atoms with E-state index in [0.717, 1.165) is 0 Å². The van der Waals surface area contributed by atoms with Crippen molar-refractivity contribution >= 4 is 41.3 Å². The van der Waals surface area contributed by atoms with Gasteiger partial charge in [0, 0.05) is 24.9 Å². The second-order valence-electron chi connectivity index (χ2n) is 7.90. The van der Waals surface area contributed by atoms with Crippen LogP contribution in [0.2, 0.25) is 5.02 Å². The molecule has 0 bridgehead atoms. The highest BCUT2D eigenvalue weighted by Crippen LogP contribution is 2.15. The Bertz CT molecular complexity index is 1160. The summed E-state index contributed by atoms with van der Waals surface area (Å²) in [5.74, 6) is -1.45. The number of nitrogens with zero attached hydrogens (tertiary/aromatic N) is 2. The minimum Gasteiger partial charge on any atom is -0.356 e. The van der Waals surface area contributed by atoms with Crippen LogP contribution in [0.4, 0.5) is 0 Å². The molecule has 178 valence electrons. The maximum absolute atomic E-state index is 12.2. The molecule has 9 nitrogen and oxygen atoms in total. The van der Waals surface area contributed by atoms with E-state index >= 15 is 0 Å². The summed E-state index contributed by atoms with van der Waals surface area (Å²) in [4.78, 5) is 51.0. The molecule has 2 aromatic heterocycles. The quantitative estimate of drug-likeness (QED) is 0.443. The number of hydrogen-bond donors (Lipinski definition) is 3. The van der Waals surface area contributed by atoms with Gasteiger partial charge in [-0.15, -0.1) is 0 Å². The number of amides is 3. The van der Waals surface area contributed by atoms with Crippen LogP contribution in [0.15, 0.2) is 54.9 Å². The fourth-order valence-corrected chi connectivity index (χ4v) is 3.61. The molecule has 2 atom stereocenters. The molecule has 1 aromatic carbocycles. The van der Waals surface area contributed by atoms with Crippen molar-refractivity contribution in [1.29, 1.82) is 0 Å². The van der Waals surface area contributed by atoms with Gasteiger partial charge >= 0.3 is 0 Å². The minimum absolute atomic E-state index is 0.114. The van der Waals surface area contributed by atoms with Gasteiger partial charge in [-0.2, -0.15) is 0 Å². The largest absolute Gasteiger partial charge is 0.356 e. The zero-order chi connectivity index (χ0) is 24.5. The summed E-state index contributed by atoms with van der Waals surface area (Å²) in [6.45, 7) is 2.35. The minimum atomic E-state index is -0.777. The summed E-state index contributed by atoms with van der Waals surface area (Å²) >= 11 is 5.89. The van der Waals surface area contributed by atoms with Crippen LogP contribution in [0.25, 0.3) is 5.65 Å². The van der Waals surface area contributed by atoms with E-state index in [4.69, 9.17) is 11.6 Å². The number of carbonyl (C=O) groups excluding carboxylic acids is 4. The lowest BCUT2D eigenvalue weighted by atomic mass is 9.99. The Balaban J connectivity index is 0.000000396. The molecule has 3 amide bonds. The van der Waals surface area contributed by atoms with Gasteiger partial charge in [0.15, 0.2) is 0 Å². The van der Waals surface area contributed by atoms with Crippen molar-refractivity contribution in [2.75, 3.05) is 13.1 Å². The summed E-state index contributed by atoms with van der Waals surface area (Å²) < 4.78 is 1.60. The first-order chi connectivity index (χ1) is 16.4. The lowest BCUT2D eigenvalue weighted by Crippen LogP contribution is -2.44. The van der Waals surface area contributed by atoms with Gasteiger partial charge in [-0.05, 0) is 31.9 Å². The highest BCUT2D eigenvalue weighted by Gasteiger charge is 2.27. The van der Waals surface area contributed by atoms with E-state index in [2.05, 4.69) is 40.0 Å². The number of imidazole rings is 1. The average Bonchev–Trinajstić information content (AvgIpc) is 3.43. The Labute approximate surface area is 201 Å². The van der Waals surface area contributed by atoms with Gasteiger partial charge in [0.05, 0.1) is 17.6 Å². The Kier molecular flexibility index (Phi) is 8.75. The number of nitrogens with one attached hydrogen (secondary N) is 3. The van der Waals surface area contributed by atoms with Gasteiger partial charge in [-0.3, -0.25) is 14.4 Å². The number of aldehydes is 1. The van der Waals surface area contributed by atoms with E-state index in [1.807, 2.05) is 18.2 Å². The Morgan fingerprint density at radius 1 is 1.24 bits per heavy atom. The van der Waals surface area contributed by atoms with Crippen molar-refractivity contribution in [2.45, 2.75) is 25.8 Å². The molecule has 1 saturated heterocycles. The van der Waals surface area contributed by atoms with Crippen molar-refractivity contribution in [3.05, 3.63) is 71.1 Å². The Morgan fingerprint density at radius 3 is 2.62 bits per heavy atom. The number of aryl methyl sites for hydroxylation is 1. The fourth-order valence-electron chi connectivity index (χ4n) is 3.44. The van der Waals surface area contributed by atoms with E-state index in [1.165, 1.54) is 11.8 Å². The molecule has 0 saturated carbocycles. The third kappa shape index (κ3) is 7.14. The molecule has 0 radical (unpaired) electrons. The molecule has 3 N–H and O–H groups in total. The van der Waals surface area contributed by atoms with Crippen LogP contribution in [-0.2, 0) is 14.4 Å². The van der Waals surface area contributed by atoms with Crippen LogP contribution in [-0.4, -0.2) is 52.5 Å². The van der Waals surface area contributed by atoms with Crippen molar-refractivity contribution in [1.82, 2.24) is 25.3 Å². The highest BCUT2D eigenvalue weighted by atomic mass is 35.5. The van der Waals surface area contributed by atoms with Crippen LogP contribution in [0, 0.1) is 12.8 Å². The summed E-state index contributed by atoms with van der Waals surface area (Å²) in [7, 11) is 0. The number of fused-ring (bicyclic) bond motifs is 1. The van der Waals surface area contributed by atoms with E-state index in [1.54, 1.807) is 22.7 Å². The lowest BCUT2D eigenvalue weighted by molar-refractivity contribution is -0.125. The topological polar surface area (TPSA) is 122 Å². The number of rotatable bonds is 7. The Hall–Kier alpha value is -3.72. The van der Waals surface area contributed by atoms with Gasteiger partial charge < -0.3 is 25.1 Å². The van der Waals surface area contributed by atoms with Gasteiger partial charge in [0.25, 0.3) is 5.91 Å². The molecule has 3 aromatic rings. The summed E-state index contributed by atoms with van der Waals surface area (Å²) in [6, 6.07) is 12.8. The SMILES string of the molecule is Cc1ccccc1.O=CC(CC1CCNC1=O)NC(=O)CNC(=O)c1cn2cc(Cl)ccc2n1. The van der Waals surface area contributed by atoms with Gasteiger partial charge in [-0.1, -0.05) is 47.5 Å². The molecule has 4 rings (SSSR count). The Morgan fingerprint density at radius 2 is 2.00 bits per heavy atom. The van der Waals surface area contributed by atoms with E-state index in [-0.39, 0.29) is 30.5 Å². The molecule has 3 heterocycles. The van der Waals surface area contributed by atoms with Crippen molar-refractivity contribution in [3.63, 3.8) is 0 Å². The van der Waals surface area contributed by atoms with Crippen molar-refractivity contribution < 1.29 is 19.2 Å². The van der Waals surface area contributed by atoms with Crippen LogP contribution < -0.4 is 16.0 Å². The zero-order valence-corrected chi connectivity index (χ0v) is 19.4. The van der Waals surface area contributed by atoms with E-state index < -0.39 is 17.9 Å². The molecular formula is C24H26ClN5O4. The smallest absolute Gasteiger partial charge is 0.271 e. The highest BCUT2D eigenvalue weighted by molar-refractivity contribution is 6.30. The number of carbonyl (C=O) groups is 4. The average molecular weight is 484 g/mol. The number of pyridine rings is 1. The lowest BCUT2D eigenvalue weighted by Gasteiger charge is -2.15. The van der Waals surface area contributed by atoms with Crippen LogP contribution in [0.1, 0.15) is 28.9 Å². The molecule has 34 heavy (non-hydrogen) atoms. The number of benzene rings is 1. The van der Waals surface area contributed by atoms with Crippen LogP contribution >= 0.6 is 11.6 Å². The predicted octanol–water partition coefficient (Wildman–Crippen LogP) is 1.92. The number of aromatic nitrogens is 2. The molecule has 0 spiro atoms. The van der Waals surface area contributed by atoms with Crippen molar-refractivity contribution in [2.24, 2.45) is 5.92 Å². The van der Waals surface area contributed by atoms with Crippen molar-refractivity contribution in [3.8, 4) is 0 Å².